The zero-order valence-corrected chi connectivity index (χ0v) is 17.7. The monoisotopic (exact) mass is 425 g/mol. The van der Waals surface area contributed by atoms with Crippen LogP contribution in [0.4, 0.5) is 5.69 Å². The highest BCUT2D eigenvalue weighted by molar-refractivity contribution is 6.33. The Morgan fingerprint density at radius 3 is 2.37 bits per heavy atom. The molecule has 1 heterocycles. The number of rotatable bonds is 3. The van der Waals surface area contributed by atoms with E-state index in [9.17, 15) is 9.59 Å². The van der Waals surface area contributed by atoms with Crippen LogP contribution in [0.5, 0.6) is 0 Å². The molecule has 0 aromatic heterocycles. The molecule has 2 aromatic carbocycles. The summed E-state index contributed by atoms with van der Waals surface area (Å²) in [5, 5.41) is 4.28. The molecular weight excluding hydrogens is 402 g/mol. The lowest BCUT2D eigenvalue weighted by molar-refractivity contribution is 0.0590. The van der Waals surface area contributed by atoms with Crippen LogP contribution in [0.2, 0.25) is 5.02 Å². The number of fused-ring (bicyclic) bond motifs is 7. The number of benzene rings is 2. The van der Waals surface area contributed by atoms with E-state index in [-0.39, 0.29) is 23.9 Å². The number of ether oxygens (including phenoxy) is 2. The fourth-order valence-electron chi connectivity index (χ4n) is 6.12. The van der Waals surface area contributed by atoms with E-state index in [1.54, 1.807) is 12.1 Å². The maximum atomic E-state index is 12.5. The first-order valence-electron chi connectivity index (χ1n) is 10.4. The average molecular weight is 426 g/mol. The van der Waals surface area contributed by atoms with Crippen molar-refractivity contribution in [3.63, 3.8) is 0 Å². The highest BCUT2D eigenvalue weighted by Gasteiger charge is 2.55. The molecule has 5 nitrogen and oxygen atoms in total. The highest BCUT2D eigenvalue weighted by Crippen LogP contribution is 2.64. The summed E-state index contributed by atoms with van der Waals surface area (Å²) in [4.78, 5) is 24.4. The van der Waals surface area contributed by atoms with Crippen molar-refractivity contribution in [2.75, 3.05) is 19.5 Å². The number of hydrogen-bond donors (Lipinski definition) is 1. The number of carbonyl (C=O) groups is 2. The van der Waals surface area contributed by atoms with Gasteiger partial charge in [-0.15, -0.1) is 0 Å². The first kappa shape index (κ1) is 19.4. The topological polar surface area (TPSA) is 64.6 Å². The molecule has 0 saturated heterocycles. The Balaban J connectivity index is 1.62. The first-order valence-corrected chi connectivity index (χ1v) is 10.8. The van der Waals surface area contributed by atoms with Crippen LogP contribution in [0.15, 0.2) is 36.4 Å². The van der Waals surface area contributed by atoms with E-state index in [0.717, 1.165) is 16.8 Å². The molecule has 2 bridgehead atoms. The van der Waals surface area contributed by atoms with E-state index < -0.39 is 0 Å². The van der Waals surface area contributed by atoms with Crippen LogP contribution in [-0.4, -0.2) is 26.2 Å². The Hall–Kier alpha value is -2.53. The Kier molecular flexibility index (Phi) is 4.73. The van der Waals surface area contributed by atoms with E-state index in [0.29, 0.717) is 33.9 Å². The van der Waals surface area contributed by atoms with Crippen molar-refractivity contribution < 1.29 is 19.1 Å². The van der Waals surface area contributed by atoms with Gasteiger partial charge >= 0.3 is 11.9 Å². The van der Waals surface area contributed by atoms with Crippen LogP contribution in [0.1, 0.15) is 63.1 Å². The number of halogens is 1. The molecule has 2 saturated carbocycles. The summed E-state index contributed by atoms with van der Waals surface area (Å²) in [7, 11) is 2.81. The normalized spacial score (nSPS) is 28.3. The van der Waals surface area contributed by atoms with Crippen LogP contribution >= 0.6 is 11.6 Å². The fraction of sp³-hybridized carbons (Fsp3) is 0.417. The van der Waals surface area contributed by atoms with Gasteiger partial charge in [0.25, 0.3) is 0 Å². The maximum absolute atomic E-state index is 12.5. The molecule has 1 aliphatic heterocycles. The fourth-order valence-corrected chi connectivity index (χ4v) is 6.34. The van der Waals surface area contributed by atoms with E-state index in [2.05, 4.69) is 5.32 Å². The van der Waals surface area contributed by atoms with Gasteiger partial charge in [-0.2, -0.15) is 0 Å². The van der Waals surface area contributed by atoms with Crippen LogP contribution in [-0.2, 0) is 9.47 Å². The minimum Gasteiger partial charge on any atom is -0.465 e. The van der Waals surface area contributed by atoms with Crippen molar-refractivity contribution in [2.24, 2.45) is 17.8 Å². The molecule has 0 unspecified atom stereocenters. The van der Waals surface area contributed by atoms with E-state index >= 15 is 0 Å². The molecule has 3 aliphatic rings. The molecule has 2 fully saturated rings. The van der Waals surface area contributed by atoms with Crippen molar-refractivity contribution >= 4 is 29.2 Å². The zero-order chi connectivity index (χ0) is 21.0. The number of esters is 2. The lowest BCUT2D eigenvalue weighted by Crippen LogP contribution is -2.36. The van der Waals surface area contributed by atoms with Gasteiger partial charge in [-0.3, -0.25) is 0 Å². The second-order valence-corrected chi connectivity index (χ2v) is 8.95. The largest absolute Gasteiger partial charge is 0.465 e. The molecule has 6 heteroatoms. The predicted molar refractivity (Wildman–Crippen MR) is 114 cm³/mol. The second-order valence-electron chi connectivity index (χ2n) is 8.55. The molecule has 5 rings (SSSR count). The third-order valence-electron chi connectivity index (χ3n) is 7.29. The Morgan fingerprint density at radius 1 is 0.967 bits per heavy atom. The molecule has 2 aliphatic carbocycles. The molecule has 0 radical (unpaired) electrons. The van der Waals surface area contributed by atoms with E-state index in [4.69, 9.17) is 21.1 Å². The van der Waals surface area contributed by atoms with E-state index in [1.165, 1.54) is 33.5 Å². The van der Waals surface area contributed by atoms with E-state index in [1.807, 2.05) is 24.3 Å². The van der Waals surface area contributed by atoms with Crippen LogP contribution < -0.4 is 5.32 Å². The first-order chi connectivity index (χ1) is 14.5. The van der Waals surface area contributed by atoms with Gasteiger partial charge < -0.3 is 14.8 Å². The molecule has 2 aromatic rings. The Morgan fingerprint density at radius 2 is 1.67 bits per heavy atom. The Bertz CT molecular complexity index is 1020. The lowest BCUT2D eigenvalue weighted by Gasteiger charge is -2.44. The van der Waals surface area contributed by atoms with Crippen molar-refractivity contribution in [1.29, 1.82) is 0 Å². The third-order valence-corrected chi connectivity index (χ3v) is 7.60. The van der Waals surface area contributed by atoms with Crippen molar-refractivity contribution in [3.8, 4) is 0 Å². The van der Waals surface area contributed by atoms with Crippen LogP contribution in [0.3, 0.4) is 0 Å². The summed E-state index contributed by atoms with van der Waals surface area (Å²) in [5.41, 5.74) is 4.14. The highest BCUT2D eigenvalue weighted by atomic mass is 35.5. The second kappa shape index (κ2) is 7.31. The SMILES string of the molecule is COC(=O)c1ccc([C@@H]2Nc3c(Cl)ccc(C(=O)OC)c3[C@H]3[C@H]4CC[C@@H](C4)[C@H]32)cc1. The number of hydrogen-bond acceptors (Lipinski definition) is 5. The number of anilines is 1. The predicted octanol–water partition coefficient (Wildman–Crippen LogP) is 5.21. The standard InChI is InChI=1S/C24H24ClNO4/c1-29-23(27)13-5-3-12(4-6-13)21-19-15-8-7-14(11-15)18(19)20-16(24(28)30-2)9-10-17(25)22(20)26-21/h3-6,9-10,14-15,18-19,21,26H,7-8,11H2,1-2H3/t14-,15-,18-,19+,21-/m0/s1. The van der Waals surface area contributed by atoms with Crippen molar-refractivity contribution in [2.45, 2.75) is 31.2 Å². The van der Waals surface area contributed by atoms with Gasteiger partial charge in [-0.05, 0) is 78.3 Å². The minimum atomic E-state index is -0.341. The summed E-state index contributed by atoms with van der Waals surface area (Å²) >= 11 is 6.62. The number of carbonyl (C=O) groups excluding carboxylic acids is 2. The van der Waals surface area contributed by atoms with Crippen molar-refractivity contribution in [3.05, 3.63) is 63.7 Å². The minimum absolute atomic E-state index is 0.0786. The van der Waals surface area contributed by atoms with Gasteiger partial charge in [0.1, 0.15) is 0 Å². The molecule has 1 N–H and O–H groups in total. The maximum Gasteiger partial charge on any atom is 0.338 e. The van der Waals surface area contributed by atoms with Crippen LogP contribution in [0, 0.1) is 17.8 Å². The smallest absolute Gasteiger partial charge is 0.338 e. The molecule has 156 valence electrons. The van der Waals surface area contributed by atoms with Gasteiger partial charge in [-0.25, -0.2) is 9.59 Å². The molecule has 0 amide bonds. The lowest BCUT2D eigenvalue weighted by atomic mass is 9.67. The van der Waals surface area contributed by atoms with Gasteiger partial charge in [0.2, 0.25) is 0 Å². The quantitative estimate of drug-likeness (QED) is 0.684. The summed E-state index contributed by atoms with van der Waals surface area (Å²) in [6.07, 6.45) is 3.58. The summed E-state index contributed by atoms with van der Waals surface area (Å²) in [6.45, 7) is 0. The summed E-state index contributed by atoms with van der Waals surface area (Å²) < 4.78 is 9.90. The van der Waals surface area contributed by atoms with Gasteiger partial charge in [0.05, 0.1) is 42.1 Å². The third kappa shape index (κ3) is 2.83. The molecule has 0 spiro atoms. The average Bonchev–Trinajstić information content (AvgIpc) is 3.41. The van der Waals surface area contributed by atoms with Crippen molar-refractivity contribution in [1.82, 2.24) is 0 Å². The summed E-state index contributed by atoms with van der Waals surface area (Å²) in [5.74, 6) is 1.16. The van der Waals surface area contributed by atoms with Gasteiger partial charge in [0.15, 0.2) is 0 Å². The molecule has 30 heavy (non-hydrogen) atoms. The zero-order valence-electron chi connectivity index (χ0n) is 17.0. The molecule has 5 atom stereocenters. The van der Waals surface area contributed by atoms with Gasteiger partial charge in [-0.1, -0.05) is 23.7 Å². The number of nitrogens with one attached hydrogen (secondary N) is 1. The molecular formula is C24H24ClNO4. The van der Waals surface area contributed by atoms with Crippen LogP contribution in [0.25, 0.3) is 0 Å². The van der Waals surface area contributed by atoms with Gasteiger partial charge in [0, 0.05) is 0 Å². The Labute approximate surface area is 180 Å². The number of methoxy groups -OCH3 is 2. The summed E-state index contributed by atoms with van der Waals surface area (Å²) in [6, 6.07) is 11.3.